The summed E-state index contributed by atoms with van der Waals surface area (Å²) in [6, 6.07) is 0.902. The Morgan fingerprint density at radius 3 is 2.69 bits per heavy atom. The highest BCUT2D eigenvalue weighted by atomic mass is 16.4. The van der Waals surface area contributed by atoms with E-state index in [2.05, 4.69) is 10.4 Å². The highest BCUT2D eigenvalue weighted by Gasteiger charge is 2.18. The van der Waals surface area contributed by atoms with Gasteiger partial charge in [-0.05, 0) is 19.9 Å². The SMILES string of the molecule is CC(CC(=O)O)NC(=O)C(C)n1cccn1. The fourth-order valence-corrected chi connectivity index (χ4v) is 1.31. The maximum absolute atomic E-state index is 11.7. The molecule has 1 aromatic heterocycles. The van der Waals surface area contributed by atoms with Crippen LogP contribution in [0.3, 0.4) is 0 Å². The Hall–Kier alpha value is -1.85. The number of aliphatic carboxylic acids is 1. The third-order valence-corrected chi connectivity index (χ3v) is 2.17. The van der Waals surface area contributed by atoms with Crippen LogP contribution in [0.15, 0.2) is 18.5 Å². The van der Waals surface area contributed by atoms with Crippen LogP contribution in [-0.2, 0) is 9.59 Å². The van der Waals surface area contributed by atoms with E-state index in [0.717, 1.165) is 0 Å². The molecule has 0 aliphatic carbocycles. The first-order chi connectivity index (χ1) is 7.50. The second-order valence-corrected chi connectivity index (χ2v) is 3.67. The summed E-state index contributed by atoms with van der Waals surface area (Å²) >= 11 is 0. The highest BCUT2D eigenvalue weighted by molar-refractivity contribution is 5.80. The van der Waals surface area contributed by atoms with Crippen LogP contribution in [-0.4, -0.2) is 32.8 Å². The molecule has 0 radical (unpaired) electrons. The van der Waals surface area contributed by atoms with Crippen LogP contribution in [0.2, 0.25) is 0 Å². The number of rotatable bonds is 5. The Balaban J connectivity index is 2.49. The number of carboxylic acid groups (broad SMARTS) is 1. The largest absolute Gasteiger partial charge is 0.481 e. The van der Waals surface area contributed by atoms with Gasteiger partial charge >= 0.3 is 5.97 Å². The lowest BCUT2D eigenvalue weighted by Crippen LogP contribution is -2.38. The van der Waals surface area contributed by atoms with E-state index < -0.39 is 12.0 Å². The molecule has 1 heterocycles. The molecular weight excluding hydrogens is 210 g/mol. The van der Waals surface area contributed by atoms with E-state index in [-0.39, 0.29) is 18.4 Å². The number of carbonyl (C=O) groups excluding carboxylic acids is 1. The number of aromatic nitrogens is 2. The average Bonchev–Trinajstić information content (AvgIpc) is 2.67. The first kappa shape index (κ1) is 12.2. The summed E-state index contributed by atoms with van der Waals surface area (Å²) in [5.41, 5.74) is 0. The molecule has 0 aromatic carbocycles. The topological polar surface area (TPSA) is 84.2 Å². The number of hydrogen-bond donors (Lipinski definition) is 2. The van der Waals surface area contributed by atoms with Gasteiger partial charge in [-0.25, -0.2) is 0 Å². The fourth-order valence-electron chi connectivity index (χ4n) is 1.31. The average molecular weight is 225 g/mol. The van der Waals surface area contributed by atoms with Gasteiger partial charge in [-0.1, -0.05) is 0 Å². The lowest BCUT2D eigenvalue weighted by molar-refractivity contribution is -0.137. The molecule has 2 N–H and O–H groups in total. The van der Waals surface area contributed by atoms with Crippen molar-refractivity contribution in [2.45, 2.75) is 32.4 Å². The molecule has 0 saturated carbocycles. The molecule has 6 heteroatoms. The van der Waals surface area contributed by atoms with Crippen molar-refractivity contribution >= 4 is 11.9 Å². The third kappa shape index (κ3) is 3.38. The molecule has 2 atom stereocenters. The van der Waals surface area contributed by atoms with Gasteiger partial charge in [0.25, 0.3) is 0 Å². The predicted molar refractivity (Wildman–Crippen MR) is 56.8 cm³/mol. The Labute approximate surface area is 93.3 Å². The zero-order valence-electron chi connectivity index (χ0n) is 9.25. The fraction of sp³-hybridized carbons (Fsp3) is 0.500. The minimum absolute atomic E-state index is 0.0857. The molecule has 88 valence electrons. The molecule has 0 aliphatic rings. The maximum Gasteiger partial charge on any atom is 0.305 e. The molecule has 1 amide bonds. The molecule has 0 saturated heterocycles. The molecule has 0 fully saturated rings. The van der Waals surface area contributed by atoms with Gasteiger partial charge in [0.15, 0.2) is 0 Å². The standard InChI is InChI=1S/C10H15N3O3/c1-7(6-9(14)15)12-10(16)8(2)13-5-3-4-11-13/h3-5,7-8H,6H2,1-2H3,(H,12,16)(H,14,15). The number of carboxylic acids is 1. The zero-order valence-corrected chi connectivity index (χ0v) is 9.25. The monoisotopic (exact) mass is 225 g/mol. The van der Waals surface area contributed by atoms with Gasteiger partial charge in [0.1, 0.15) is 6.04 Å². The summed E-state index contributed by atoms with van der Waals surface area (Å²) in [7, 11) is 0. The van der Waals surface area contributed by atoms with Crippen molar-refractivity contribution in [2.24, 2.45) is 0 Å². The van der Waals surface area contributed by atoms with E-state index in [1.165, 1.54) is 4.68 Å². The highest BCUT2D eigenvalue weighted by Crippen LogP contribution is 2.04. The van der Waals surface area contributed by atoms with Crippen molar-refractivity contribution in [3.05, 3.63) is 18.5 Å². The van der Waals surface area contributed by atoms with Crippen LogP contribution in [0.4, 0.5) is 0 Å². The third-order valence-electron chi connectivity index (χ3n) is 2.17. The van der Waals surface area contributed by atoms with E-state index in [1.54, 1.807) is 32.3 Å². The van der Waals surface area contributed by atoms with Gasteiger partial charge in [-0.3, -0.25) is 14.3 Å². The van der Waals surface area contributed by atoms with Crippen LogP contribution < -0.4 is 5.32 Å². The van der Waals surface area contributed by atoms with Gasteiger partial charge < -0.3 is 10.4 Å². The van der Waals surface area contributed by atoms with Crippen molar-refractivity contribution in [3.8, 4) is 0 Å². The summed E-state index contributed by atoms with van der Waals surface area (Å²) in [5, 5.41) is 15.1. The zero-order chi connectivity index (χ0) is 12.1. The Morgan fingerprint density at radius 2 is 2.19 bits per heavy atom. The van der Waals surface area contributed by atoms with Crippen LogP contribution in [0, 0.1) is 0 Å². The molecule has 2 unspecified atom stereocenters. The molecule has 1 aromatic rings. The van der Waals surface area contributed by atoms with E-state index >= 15 is 0 Å². The van der Waals surface area contributed by atoms with E-state index in [1.807, 2.05) is 0 Å². The van der Waals surface area contributed by atoms with E-state index in [9.17, 15) is 9.59 Å². The number of nitrogens with one attached hydrogen (secondary N) is 1. The van der Waals surface area contributed by atoms with Crippen molar-refractivity contribution < 1.29 is 14.7 Å². The molecule has 0 spiro atoms. The van der Waals surface area contributed by atoms with Crippen molar-refractivity contribution in [3.63, 3.8) is 0 Å². The van der Waals surface area contributed by atoms with Crippen LogP contribution >= 0.6 is 0 Å². The van der Waals surface area contributed by atoms with Gasteiger partial charge in [-0.15, -0.1) is 0 Å². The van der Waals surface area contributed by atoms with Crippen molar-refractivity contribution in [2.75, 3.05) is 0 Å². The maximum atomic E-state index is 11.7. The minimum atomic E-state index is -0.931. The first-order valence-electron chi connectivity index (χ1n) is 5.02. The second kappa shape index (κ2) is 5.29. The van der Waals surface area contributed by atoms with E-state index in [0.29, 0.717) is 0 Å². The summed E-state index contributed by atoms with van der Waals surface area (Å²) in [4.78, 5) is 22.1. The molecule has 6 nitrogen and oxygen atoms in total. The first-order valence-corrected chi connectivity index (χ1v) is 5.02. The van der Waals surface area contributed by atoms with Crippen molar-refractivity contribution in [1.29, 1.82) is 0 Å². The Bertz CT molecular complexity index is 361. The number of hydrogen-bond acceptors (Lipinski definition) is 3. The van der Waals surface area contributed by atoms with Gasteiger partial charge in [0.2, 0.25) is 5.91 Å². The molecule has 0 bridgehead atoms. The van der Waals surface area contributed by atoms with Crippen LogP contribution in [0.1, 0.15) is 26.3 Å². The van der Waals surface area contributed by atoms with Gasteiger partial charge in [0.05, 0.1) is 6.42 Å². The summed E-state index contributed by atoms with van der Waals surface area (Å²) in [5.74, 6) is -1.17. The second-order valence-electron chi connectivity index (χ2n) is 3.67. The number of amides is 1. The van der Waals surface area contributed by atoms with Gasteiger partial charge in [-0.2, -0.15) is 5.10 Å². The van der Waals surface area contributed by atoms with E-state index in [4.69, 9.17) is 5.11 Å². The molecular formula is C10H15N3O3. The summed E-state index contributed by atoms with van der Waals surface area (Å²) < 4.78 is 1.52. The molecule has 0 aliphatic heterocycles. The Morgan fingerprint density at radius 1 is 1.50 bits per heavy atom. The molecule has 16 heavy (non-hydrogen) atoms. The van der Waals surface area contributed by atoms with Crippen molar-refractivity contribution in [1.82, 2.24) is 15.1 Å². The van der Waals surface area contributed by atoms with Crippen LogP contribution in [0.25, 0.3) is 0 Å². The lowest BCUT2D eigenvalue weighted by Gasteiger charge is -2.16. The minimum Gasteiger partial charge on any atom is -0.481 e. The smallest absolute Gasteiger partial charge is 0.305 e. The Kier molecular flexibility index (Phi) is 4.04. The predicted octanol–water partition coefficient (Wildman–Crippen LogP) is 0.423. The summed E-state index contributed by atoms with van der Waals surface area (Å²) in [6.07, 6.45) is 3.19. The number of nitrogens with zero attached hydrogens (tertiary/aromatic N) is 2. The number of carbonyl (C=O) groups is 2. The normalized spacial score (nSPS) is 14.1. The molecule has 1 rings (SSSR count). The van der Waals surface area contributed by atoms with Crippen LogP contribution in [0.5, 0.6) is 0 Å². The summed E-state index contributed by atoms with van der Waals surface area (Å²) in [6.45, 7) is 3.36. The quantitative estimate of drug-likeness (QED) is 0.760. The van der Waals surface area contributed by atoms with Gasteiger partial charge in [0, 0.05) is 18.4 Å². The lowest BCUT2D eigenvalue weighted by atomic mass is 10.2.